The van der Waals surface area contributed by atoms with Crippen LogP contribution in [-0.4, -0.2) is 36.3 Å². The van der Waals surface area contributed by atoms with Crippen molar-refractivity contribution in [2.75, 3.05) is 16.9 Å². The molecule has 136 valence electrons. The normalized spacial score (nSPS) is 10.9. The SMILES string of the molecule is Cc1cc(C)n(-c2nnc(SCC(=O)Nc3cc(F)ccc3F)n2N)n1. The van der Waals surface area contributed by atoms with Crippen molar-refractivity contribution in [2.45, 2.75) is 19.0 Å². The highest BCUT2D eigenvalue weighted by atomic mass is 32.2. The molecule has 1 aromatic carbocycles. The van der Waals surface area contributed by atoms with Crippen molar-refractivity contribution >= 4 is 23.4 Å². The summed E-state index contributed by atoms with van der Waals surface area (Å²) in [4.78, 5) is 12.0. The Balaban J connectivity index is 1.68. The molecule has 2 aromatic heterocycles. The zero-order chi connectivity index (χ0) is 18.8. The lowest BCUT2D eigenvalue weighted by Crippen LogP contribution is -2.19. The minimum atomic E-state index is -0.724. The molecule has 2 heterocycles. The largest absolute Gasteiger partial charge is 0.334 e. The summed E-state index contributed by atoms with van der Waals surface area (Å²) in [6.07, 6.45) is 0. The van der Waals surface area contributed by atoms with Crippen LogP contribution in [0, 0.1) is 25.5 Å². The lowest BCUT2D eigenvalue weighted by molar-refractivity contribution is -0.113. The van der Waals surface area contributed by atoms with E-state index in [-0.39, 0.29) is 16.6 Å². The second-order valence-electron chi connectivity index (χ2n) is 5.45. The van der Waals surface area contributed by atoms with E-state index in [1.165, 1.54) is 9.36 Å². The number of aromatic nitrogens is 5. The molecule has 0 atom stereocenters. The third kappa shape index (κ3) is 3.67. The lowest BCUT2D eigenvalue weighted by Gasteiger charge is -2.07. The number of nitrogen functional groups attached to an aromatic ring is 1. The Bertz CT molecular complexity index is 969. The van der Waals surface area contributed by atoms with Gasteiger partial charge >= 0.3 is 0 Å². The van der Waals surface area contributed by atoms with Crippen molar-refractivity contribution in [1.82, 2.24) is 24.7 Å². The zero-order valence-electron chi connectivity index (χ0n) is 13.9. The first-order chi connectivity index (χ1) is 12.3. The number of carbonyl (C=O) groups is 1. The molecule has 0 aliphatic heterocycles. The zero-order valence-corrected chi connectivity index (χ0v) is 14.7. The van der Waals surface area contributed by atoms with Crippen molar-refractivity contribution in [1.29, 1.82) is 0 Å². The topological polar surface area (TPSA) is 104 Å². The number of nitrogens with two attached hydrogens (primary N) is 1. The van der Waals surface area contributed by atoms with Crippen LogP contribution in [0.4, 0.5) is 14.5 Å². The monoisotopic (exact) mass is 379 g/mol. The predicted octanol–water partition coefficient (Wildman–Crippen LogP) is 1.80. The van der Waals surface area contributed by atoms with E-state index in [2.05, 4.69) is 20.6 Å². The summed E-state index contributed by atoms with van der Waals surface area (Å²) >= 11 is 1.01. The van der Waals surface area contributed by atoms with Gasteiger partial charge in [0.1, 0.15) is 11.6 Å². The van der Waals surface area contributed by atoms with Crippen LogP contribution in [0.1, 0.15) is 11.4 Å². The molecular weight excluding hydrogens is 364 g/mol. The second-order valence-corrected chi connectivity index (χ2v) is 6.39. The Kier molecular flexibility index (Phi) is 4.89. The minimum absolute atomic E-state index is 0.109. The summed E-state index contributed by atoms with van der Waals surface area (Å²) in [6, 6.07) is 4.68. The van der Waals surface area contributed by atoms with E-state index < -0.39 is 17.5 Å². The van der Waals surface area contributed by atoms with Crippen LogP contribution in [0.15, 0.2) is 29.4 Å². The van der Waals surface area contributed by atoms with Crippen LogP contribution in [0.5, 0.6) is 0 Å². The highest BCUT2D eigenvalue weighted by Gasteiger charge is 2.16. The fourth-order valence-electron chi connectivity index (χ4n) is 2.25. The highest BCUT2D eigenvalue weighted by molar-refractivity contribution is 7.99. The molecule has 26 heavy (non-hydrogen) atoms. The van der Waals surface area contributed by atoms with Crippen molar-refractivity contribution in [3.05, 3.63) is 47.3 Å². The average molecular weight is 379 g/mol. The first kappa shape index (κ1) is 17.9. The smallest absolute Gasteiger partial charge is 0.271 e. The summed E-state index contributed by atoms with van der Waals surface area (Å²) in [5, 5.41) is 14.8. The molecule has 3 N–H and O–H groups in total. The fraction of sp³-hybridized carbons (Fsp3) is 0.200. The van der Waals surface area contributed by atoms with Crippen LogP contribution in [0.3, 0.4) is 0 Å². The van der Waals surface area contributed by atoms with E-state index in [1.54, 1.807) is 0 Å². The number of carbonyl (C=O) groups excluding carboxylic acids is 1. The van der Waals surface area contributed by atoms with Gasteiger partial charge in [-0.1, -0.05) is 11.8 Å². The van der Waals surface area contributed by atoms with Crippen LogP contribution >= 0.6 is 11.8 Å². The number of nitrogens with one attached hydrogen (secondary N) is 1. The number of hydrogen-bond donors (Lipinski definition) is 2. The second kappa shape index (κ2) is 7.12. The Hall–Kier alpha value is -2.95. The molecule has 0 aliphatic rings. The maximum absolute atomic E-state index is 13.5. The molecule has 0 spiro atoms. The van der Waals surface area contributed by atoms with E-state index in [0.29, 0.717) is 5.95 Å². The molecule has 0 bridgehead atoms. The first-order valence-corrected chi connectivity index (χ1v) is 8.45. The molecule has 0 saturated heterocycles. The fourth-order valence-corrected chi connectivity index (χ4v) is 2.90. The summed E-state index contributed by atoms with van der Waals surface area (Å²) in [7, 11) is 0. The Morgan fingerprint density at radius 2 is 2.04 bits per heavy atom. The number of hydrogen-bond acceptors (Lipinski definition) is 6. The van der Waals surface area contributed by atoms with Gasteiger partial charge in [0.2, 0.25) is 11.1 Å². The van der Waals surface area contributed by atoms with Gasteiger partial charge in [0, 0.05) is 11.8 Å². The van der Waals surface area contributed by atoms with Gasteiger partial charge in [-0.25, -0.2) is 18.1 Å². The molecule has 1 amide bonds. The number of aryl methyl sites for hydroxylation is 2. The molecular formula is C15H15F2N7OS. The van der Waals surface area contributed by atoms with Crippen molar-refractivity contribution in [3.8, 4) is 5.95 Å². The van der Waals surface area contributed by atoms with Gasteiger partial charge < -0.3 is 11.2 Å². The number of halogens is 2. The standard InChI is InChI=1S/C15H15F2N7OS/c1-8-5-9(2)24(22-8)14-20-21-15(23(14)18)26-7-13(25)19-12-6-10(16)3-4-11(12)17/h3-6H,7,18H2,1-2H3,(H,19,25). The van der Waals surface area contributed by atoms with Gasteiger partial charge in [0.05, 0.1) is 17.1 Å². The predicted molar refractivity (Wildman–Crippen MR) is 92.5 cm³/mol. The molecule has 8 nitrogen and oxygen atoms in total. The molecule has 0 fully saturated rings. The molecule has 3 aromatic rings. The van der Waals surface area contributed by atoms with Gasteiger partial charge in [-0.05, 0) is 32.0 Å². The maximum Gasteiger partial charge on any atom is 0.271 e. The minimum Gasteiger partial charge on any atom is -0.334 e. The Morgan fingerprint density at radius 1 is 1.27 bits per heavy atom. The summed E-state index contributed by atoms with van der Waals surface area (Å²) < 4.78 is 29.4. The quantitative estimate of drug-likeness (QED) is 0.518. The molecule has 0 unspecified atom stereocenters. The average Bonchev–Trinajstić information content (AvgIpc) is 3.10. The Labute approximate surface area is 151 Å². The molecule has 0 saturated carbocycles. The van der Waals surface area contributed by atoms with E-state index in [9.17, 15) is 13.6 Å². The number of rotatable bonds is 5. The van der Waals surface area contributed by atoms with Gasteiger partial charge in [-0.2, -0.15) is 5.10 Å². The van der Waals surface area contributed by atoms with Crippen LogP contribution in [0.2, 0.25) is 0 Å². The highest BCUT2D eigenvalue weighted by Crippen LogP contribution is 2.19. The number of amides is 1. The van der Waals surface area contributed by atoms with E-state index >= 15 is 0 Å². The van der Waals surface area contributed by atoms with Crippen molar-refractivity contribution in [3.63, 3.8) is 0 Å². The molecule has 3 rings (SSSR count). The van der Waals surface area contributed by atoms with E-state index in [1.807, 2.05) is 19.9 Å². The number of nitrogens with zero attached hydrogens (tertiary/aromatic N) is 5. The van der Waals surface area contributed by atoms with Gasteiger partial charge in [0.15, 0.2) is 0 Å². The number of anilines is 1. The summed E-state index contributed by atoms with van der Waals surface area (Å²) in [5.41, 5.74) is 1.40. The van der Waals surface area contributed by atoms with Gasteiger partial charge in [-0.3, -0.25) is 4.79 Å². The van der Waals surface area contributed by atoms with Crippen LogP contribution in [0.25, 0.3) is 5.95 Å². The van der Waals surface area contributed by atoms with Crippen molar-refractivity contribution in [2.24, 2.45) is 0 Å². The Morgan fingerprint density at radius 3 is 2.73 bits per heavy atom. The van der Waals surface area contributed by atoms with Crippen LogP contribution in [-0.2, 0) is 4.79 Å². The molecule has 0 aliphatic carbocycles. The molecule has 0 radical (unpaired) electrons. The van der Waals surface area contributed by atoms with Gasteiger partial charge in [0.25, 0.3) is 5.95 Å². The molecule has 11 heteroatoms. The van der Waals surface area contributed by atoms with Crippen molar-refractivity contribution < 1.29 is 13.6 Å². The third-order valence-corrected chi connectivity index (χ3v) is 4.32. The summed E-state index contributed by atoms with van der Waals surface area (Å²) in [6.45, 7) is 3.69. The maximum atomic E-state index is 13.5. The first-order valence-electron chi connectivity index (χ1n) is 7.47. The van der Waals surface area contributed by atoms with Crippen LogP contribution < -0.4 is 11.2 Å². The number of benzene rings is 1. The lowest BCUT2D eigenvalue weighted by atomic mass is 10.3. The van der Waals surface area contributed by atoms with E-state index in [0.717, 1.165) is 41.3 Å². The number of thioether (sulfide) groups is 1. The summed E-state index contributed by atoms with van der Waals surface area (Å²) in [5.74, 6) is 4.25. The van der Waals surface area contributed by atoms with E-state index in [4.69, 9.17) is 5.84 Å². The third-order valence-electron chi connectivity index (χ3n) is 3.38. The van der Waals surface area contributed by atoms with Gasteiger partial charge in [-0.15, -0.1) is 10.2 Å².